The molecule has 0 amide bonds. The van der Waals surface area contributed by atoms with Crippen LogP contribution in [-0.4, -0.2) is 11.0 Å². The number of rotatable bonds is 4. The van der Waals surface area contributed by atoms with Gasteiger partial charge in [-0.25, -0.2) is 4.79 Å². The third kappa shape index (κ3) is 3.12. The van der Waals surface area contributed by atoms with Gasteiger partial charge < -0.3 is 14.2 Å². The molecular formula is C23H20N2O5. The fraction of sp³-hybridized carbons (Fsp3) is 0.261. The van der Waals surface area contributed by atoms with Crippen molar-refractivity contribution in [2.24, 2.45) is 0 Å². The lowest BCUT2D eigenvalue weighted by Gasteiger charge is -2.23. The predicted molar refractivity (Wildman–Crippen MR) is 115 cm³/mol. The Morgan fingerprint density at radius 2 is 1.80 bits per heavy atom. The Morgan fingerprint density at radius 1 is 1.00 bits per heavy atom. The summed E-state index contributed by atoms with van der Waals surface area (Å²) in [5.74, 6) is 0.459. The first-order chi connectivity index (χ1) is 14.6. The van der Waals surface area contributed by atoms with Gasteiger partial charge in [-0.1, -0.05) is 43.5 Å². The summed E-state index contributed by atoms with van der Waals surface area (Å²) in [6.07, 6.45) is 5.51. The molecule has 0 spiro atoms. The Morgan fingerprint density at radius 3 is 2.60 bits per heavy atom. The van der Waals surface area contributed by atoms with E-state index >= 15 is 0 Å². The van der Waals surface area contributed by atoms with Crippen LogP contribution in [-0.2, 0) is 0 Å². The van der Waals surface area contributed by atoms with E-state index in [9.17, 15) is 14.9 Å². The molecule has 2 aromatic carbocycles. The summed E-state index contributed by atoms with van der Waals surface area (Å²) in [6, 6.07) is 13.7. The van der Waals surface area contributed by atoms with Gasteiger partial charge in [0.2, 0.25) is 5.88 Å². The lowest BCUT2D eigenvalue weighted by atomic mass is 9.95. The van der Waals surface area contributed by atoms with Crippen LogP contribution in [0.1, 0.15) is 32.1 Å². The van der Waals surface area contributed by atoms with Crippen LogP contribution in [0, 0.1) is 10.1 Å². The topological polar surface area (TPSA) is 98.5 Å². The van der Waals surface area contributed by atoms with E-state index in [0.717, 1.165) is 25.7 Å². The molecule has 152 valence electrons. The van der Waals surface area contributed by atoms with Crippen molar-refractivity contribution in [1.29, 1.82) is 0 Å². The van der Waals surface area contributed by atoms with Crippen molar-refractivity contribution >= 4 is 33.5 Å². The maximum absolute atomic E-state index is 12.9. The highest BCUT2D eigenvalue weighted by Crippen LogP contribution is 2.41. The lowest BCUT2D eigenvalue weighted by Crippen LogP contribution is -2.22. The molecule has 7 heteroatoms. The molecule has 0 unspecified atom stereocenters. The average Bonchev–Trinajstić information content (AvgIpc) is 3.14. The number of hydrogen-bond acceptors (Lipinski definition) is 6. The third-order valence-corrected chi connectivity index (χ3v) is 5.73. The van der Waals surface area contributed by atoms with Crippen molar-refractivity contribution in [2.75, 3.05) is 5.32 Å². The molecule has 0 bridgehead atoms. The molecule has 7 nitrogen and oxygen atoms in total. The summed E-state index contributed by atoms with van der Waals surface area (Å²) in [7, 11) is 0. The lowest BCUT2D eigenvalue weighted by molar-refractivity contribution is -0.384. The van der Waals surface area contributed by atoms with E-state index < -0.39 is 10.5 Å². The molecule has 2 heterocycles. The zero-order valence-electron chi connectivity index (χ0n) is 16.2. The number of hydrogen-bond donors (Lipinski definition) is 1. The van der Waals surface area contributed by atoms with Gasteiger partial charge in [-0.15, -0.1) is 0 Å². The number of nitro benzene ring substituents is 1. The Labute approximate surface area is 171 Å². The highest BCUT2D eigenvalue weighted by molar-refractivity contribution is 6.09. The minimum Gasteiger partial charge on any atom is -0.439 e. The van der Waals surface area contributed by atoms with Gasteiger partial charge >= 0.3 is 5.63 Å². The zero-order valence-corrected chi connectivity index (χ0v) is 16.2. The molecule has 2 aromatic heterocycles. The van der Waals surface area contributed by atoms with E-state index in [1.54, 1.807) is 24.3 Å². The summed E-state index contributed by atoms with van der Waals surface area (Å²) >= 11 is 0. The average molecular weight is 404 g/mol. The maximum atomic E-state index is 12.9. The normalized spacial score (nSPS) is 14.9. The van der Waals surface area contributed by atoms with E-state index in [2.05, 4.69) is 5.32 Å². The standard InChI is InChI=1S/C23H20N2O5/c26-23-20-19(14-7-6-10-16(13-14)25(27)28)22(24-15-8-2-1-3-9-15)30-21(20)17-11-4-5-12-18(17)29-23/h4-7,10-13,15,24H,1-3,8-9H2. The molecule has 1 aliphatic carbocycles. The van der Waals surface area contributed by atoms with Crippen molar-refractivity contribution in [1.82, 2.24) is 0 Å². The van der Waals surface area contributed by atoms with Crippen LogP contribution in [0.3, 0.4) is 0 Å². The number of para-hydroxylation sites is 1. The summed E-state index contributed by atoms with van der Waals surface area (Å²) in [6.45, 7) is 0. The summed E-state index contributed by atoms with van der Waals surface area (Å²) < 4.78 is 11.8. The Kier molecular flexibility index (Phi) is 4.50. The molecule has 0 saturated heterocycles. The van der Waals surface area contributed by atoms with E-state index in [4.69, 9.17) is 8.83 Å². The molecular weight excluding hydrogens is 384 g/mol. The molecule has 4 aromatic rings. The van der Waals surface area contributed by atoms with Gasteiger partial charge in [-0.05, 0) is 30.5 Å². The largest absolute Gasteiger partial charge is 0.439 e. The number of fused-ring (bicyclic) bond motifs is 3. The highest BCUT2D eigenvalue weighted by atomic mass is 16.6. The molecule has 0 atom stereocenters. The van der Waals surface area contributed by atoms with Crippen molar-refractivity contribution < 1.29 is 13.8 Å². The number of anilines is 1. The van der Waals surface area contributed by atoms with Crippen LogP contribution in [0.25, 0.3) is 33.1 Å². The van der Waals surface area contributed by atoms with Crippen molar-refractivity contribution in [3.8, 4) is 11.1 Å². The smallest absolute Gasteiger partial charge is 0.348 e. The molecule has 1 saturated carbocycles. The van der Waals surface area contributed by atoms with Crippen LogP contribution in [0.15, 0.2) is 62.2 Å². The van der Waals surface area contributed by atoms with Crippen molar-refractivity contribution in [2.45, 2.75) is 38.1 Å². The first kappa shape index (κ1) is 18.4. The second-order valence-corrected chi connectivity index (χ2v) is 7.68. The van der Waals surface area contributed by atoms with Gasteiger partial charge in [0.05, 0.1) is 15.9 Å². The fourth-order valence-electron chi connectivity index (χ4n) is 4.29. The third-order valence-electron chi connectivity index (χ3n) is 5.73. The maximum Gasteiger partial charge on any atom is 0.348 e. The molecule has 5 rings (SSSR count). The van der Waals surface area contributed by atoms with E-state index in [0.29, 0.717) is 38.9 Å². The molecule has 30 heavy (non-hydrogen) atoms. The SMILES string of the molecule is O=c1oc2ccccc2c2oc(NC3CCCCC3)c(-c3cccc([N+](=O)[O-])c3)c12. The minimum absolute atomic E-state index is 0.0457. The summed E-state index contributed by atoms with van der Waals surface area (Å²) in [5, 5.41) is 15.8. The molecule has 1 fully saturated rings. The number of nitro groups is 1. The number of benzene rings is 2. The van der Waals surface area contributed by atoms with Crippen LogP contribution in [0.5, 0.6) is 0 Å². The Hall–Kier alpha value is -3.61. The summed E-state index contributed by atoms with van der Waals surface area (Å²) in [4.78, 5) is 23.8. The predicted octanol–water partition coefficient (Wildman–Crippen LogP) is 5.86. The highest BCUT2D eigenvalue weighted by Gasteiger charge is 2.25. The second-order valence-electron chi connectivity index (χ2n) is 7.68. The van der Waals surface area contributed by atoms with Gasteiger partial charge in [0, 0.05) is 18.2 Å². The van der Waals surface area contributed by atoms with Gasteiger partial charge in [0.15, 0.2) is 5.58 Å². The van der Waals surface area contributed by atoms with E-state index in [-0.39, 0.29) is 11.7 Å². The molecule has 0 aliphatic heterocycles. The van der Waals surface area contributed by atoms with Gasteiger partial charge in [-0.2, -0.15) is 0 Å². The van der Waals surface area contributed by atoms with Crippen molar-refractivity contribution in [3.05, 3.63) is 69.1 Å². The quantitative estimate of drug-likeness (QED) is 0.260. The molecule has 1 aliphatic rings. The van der Waals surface area contributed by atoms with Gasteiger partial charge in [0.1, 0.15) is 11.0 Å². The van der Waals surface area contributed by atoms with Crippen LogP contribution < -0.4 is 10.9 Å². The monoisotopic (exact) mass is 404 g/mol. The van der Waals surface area contributed by atoms with E-state index in [1.165, 1.54) is 18.6 Å². The van der Waals surface area contributed by atoms with Crippen molar-refractivity contribution in [3.63, 3.8) is 0 Å². The number of non-ortho nitro benzene ring substituents is 1. The first-order valence-corrected chi connectivity index (χ1v) is 10.1. The summed E-state index contributed by atoms with van der Waals surface area (Å²) in [5.41, 5.74) is 1.36. The molecule has 1 N–H and O–H groups in total. The Balaban J connectivity index is 1.78. The number of furan rings is 1. The minimum atomic E-state index is -0.523. The second kappa shape index (κ2) is 7.33. The Bertz CT molecular complexity index is 1310. The zero-order chi connectivity index (χ0) is 20.7. The van der Waals surface area contributed by atoms with Crippen LogP contribution in [0.4, 0.5) is 11.6 Å². The van der Waals surface area contributed by atoms with E-state index in [1.807, 2.05) is 12.1 Å². The number of nitrogens with one attached hydrogen (secondary N) is 1. The fourth-order valence-corrected chi connectivity index (χ4v) is 4.29. The van der Waals surface area contributed by atoms with Crippen LogP contribution in [0.2, 0.25) is 0 Å². The first-order valence-electron chi connectivity index (χ1n) is 10.1. The number of nitrogens with zero attached hydrogens (tertiary/aromatic N) is 1. The van der Waals surface area contributed by atoms with Gasteiger partial charge in [0.25, 0.3) is 5.69 Å². The van der Waals surface area contributed by atoms with Crippen LogP contribution >= 0.6 is 0 Å². The molecule has 0 radical (unpaired) electrons. The van der Waals surface area contributed by atoms with Gasteiger partial charge in [-0.3, -0.25) is 10.1 Å².